The summed E-state index contributed by atoms with van der Waals surface area (Å²) in [5.74, 6) is 3.72. The number of aromatic nitrogens is 1. The number of likely N-dealkylation sites (N-methyl/N-ethyl adjacent to an activating group) is 1. The summed E-state index contributed by atoms with van der Waals surface area (Å²) in [7, 11) is 3.31. The number of fused-ring (bicyclic) bond motifs is 6. The normalized spacial score (nSPS) is 12.8. The molecular weight excluding hydrogens is 418 g/mol. The second-order valence-corrected chi connectivity index (χ2v) is 8.06. The highest BCUT2D eigenvalue weighted by Crippen LogP contribution is 2.42. The third kappa shape index (κ3) is 3.72. The lowest BCUT2D eigenvalue weighted by Crippen LogP contribution is -2.28. The Morgan fingerprint density at radius 1 is 0.879 bits per heavy atom. The SMILES string of the molecule is CCN(CC)CCNc1nc2c3cc4c(cc3ccc2c2cc(OC)c(OC)cc12)OCO4. The Morgan fingerprint density at radius 2 is 1.58 bits per heavy atom. The lowest BCUT2D eigenvalue weighted by Gasteiger charge is -2.20. The molecular formula is C26H29N3O4. The van der Waals surface area contributed by atoms with E-state index in [1.807, 2.05) is 24.3 Å². The molecule has 33 heavy (non-hydrogen) atoms. The summed E-state index contributed by atoms with van der Waals surface area (Å²) in [5, 5.41) is 8.78. The zero-order valence-electron chi connectivity index (χ0n) is 19.5. The zero-order valence-corrected chi connectivity index (χ0v) is 19.5. The average Bonchev–Trinajstić information content (AvgIpc) is 3.31. The number of nitrogens with one attached hydrogen (secondary N) is 1. The Labute approximate surface area is 193 Å². The van der Waals surface area contributed by atoms with Gasteiger partial charge in [0, 0.05) is 29.2 Å². The molecule has 1 aliphatic heterocycles. The van der Waals surface area contributed by atoms with E-state index in [1.54, 1.807) is 14.2 Å². The minimum absolute atomic E-state index is 0.245. The molecule has 1 N–H and O–H groups in total. The first-order chi connectivity index (χ1) is 16.2. The Kier molecular flexibility index (Phi) is 5.72. The lowest BCUT2D eigenvalue weighted by atomic mass is 10.00. The predicted octanol–water partition coefficient (Wildman–Crippen LogP) is 5.04. The van der Waals surface area contributed by atoms with E-state index < -0.39 is 0 Å². The van der Waals surface area contributed by atoms with Gasteiger partial charge in [-0.2, -0.15) is 0 Å². The molecule has 4 aromatic rings. The van der Waals surface area contributed by atoms with Crippen molar-refractivity contribution >= 4 is 38.3 Å². The summed E-state index contributed by atoms with van der Waals surface area (Å²) >= 11 is 0. The van der Waals surface area contributed by atoms with E-state index in [2.05, 4.69) is 36.2 Å². The van der Waals surface area contributed by atoms with Gasteiger partial charge in [-0.05, 0) is 48.1 Å². The van der Waals surface area contributed by atoms with Gasteiger partial charge in [0.05, 0.1) is 19.7 Å². The van der Waals surface area contributed by atoms with Crippen LogP contribution in [-0.2, 0) is 0 Å². The third-order valence-electron chi connectivity index (χ3n) is 6.39. The topological polar surface area (TPSA) is 65.1 Å². The number of anilines is 1. The minimum Gasteiger partial charge on any atom is -0.493 e. The van der Waals surface area contributed by atoms with E-state index in [4.69, 9.17) is 23.9 Å². The van der Waals surface area contributed by atoms with Gasteiger partial charge in [-0.15, -0.1) is 0 Å². The average molecular weight is 448 g/mol. The molecule has 0 aliphatic carbocycles. The molecule has 1 aliphatic rings. The Bertz CT molecular complexity index is 1330. The van der Waals surface area contributed by atoms with Crippen LogP contribution in [-0.4, -0.2) is 57.1 Å². The number of methoxy groups -OCH3 is 2. The second-order valence-electron chi connectivity index (χ2n) is 8.06. The molecule has 0 amide bonds. The van der Waals surface area contributed by atoms with Gasteiger partial charge in [-0.3, -0.25) is 0 Å². The van der Waals surface area contributed by atoms with Crippen molar-refractivity contribution in [1.82, 2.24) is 9.88 Å². The zero-order chi connectivity index (χ0) is 22.9. The van der Waals surface area contributed by atoms with Crippen molar-refractivity contribution in [1.29, 1.82) is 0 Å². The maximum Gasteiger partial charge on any atom is 0.231 e. The van der Waals surface area contributed by atoms with E-state index in [9.17, 15) is 0 Å². The van der Waals surface area contributed by atoms with Gasteiger partial charge in [0.25, 0.3) is 0 Å². The van der Waals surface area contributed by atoms with Crippen LogP contribution in [0, 0.1) is 0 Å². The van der Waals surface area contributed by atoms with Crippen LogP contribution in [0.4, 0.5) is 5.82 Å². The third-order valence-corrected chi connectivity index (χ3v) is 6.39. The van der Waals surface area contributed by atoms with E-state index in [0.717, 1.165) is 75.9 Å². The van der Waals surface area contributed by atoms with E-state index in [1.165, 1.54) is 0 Å². The van der Waals surface area contributed by atoms with Crippen molar-refractivity contribution in [3.05, 3.63) is 36.4 Å². The first-order valence-electron chi connectivity index (χ1n) is 11.3. The molecule has 0 atom stereocenters. The maximum absolute atomic E-state index is 5.65. The van der Waals surface area contributed by atoms with Crippen LogP contribution in [0.2, 0.25) is 0 Å². The molecule has 7 heteroatoms. The quantitative estimate of drug-likeness (QED) is 0.380. The maximum atomic E-state index is 5.65. The Hall–Kier alpha value is -3.45. The molecule has 0 spiro atoms. The predicted molar refractivity (Wildman–Crippen MR) is 132 cm³/mol. The first kappa shape index (κ1) is 21.4. The van der Waals surface area contributed by atoms with Gasteiger partial charge in [0.2, 0.25) is 6.79 Å². The van der Waals surface area contributed by atoms with Gasteiger partial charge in [-0.1, -0.05) is 26.0 Å². The summed E-state index contributed by atoms with van der Waals surface area (Å²) in [6.45, 7) is 8.38. The Morgan fingerprint density at radius 3 is 2.27 bits per heavy atom. The number of hydrogen-bond donors (Lipinski definition) is 1. The van der Waals surface area contributed by atoms with Crippen molar-refractivity contribution in [3.8, 4) is 23.0 Å². The van der Waals surface area contributed by atoms with Gasteiger partial charge in [0.15, 0.2) is 23.0 Å². The molecule has 5 rings (SSSR count). The van der Waals surface area contributed by atoms with E-state index in [0.29, 0.717) is 11.5 Å². The monoisotopic (exact) mass is 447 g/mol. The Balaban J connectivity index is 1.73. The van der Waals surface area contributed by atoms with E-state index >= 15 is 0 Å². The molecule has 0 saturated carbocycles. The number of pyridine rings is 1. The number of nitrogens with zero attached hydrogens (tertiary/aromatic N) is 2. The molecule has 0 radical (unpaired) electrons. The van der Waals surface area contributed by atoms with Crippen LogP contribution < -0.4 is 24.3 Å². The van der Waals surface area contributed by atoms with Crippen LogP contribution in [0.5, 0.6) is 23.0 Å². The molecule has 2 heterocycles. The molecule has 3 aromatic carbocycles. The standard InChI is InChI=1S/C26H29N3O4/c1-5-29(6-2)10-9-27-26-20-14-22(31-4)21(30-3)13-19(20)17-8-7-16-11-23-24(33-15-32-23)12-18(16)25(17)28-26/h7-8,11-14H,5-6,9-10,15H2,1-4H3,(H,27,28). The summed E-state index contributed by atoms with van der Waals surface area (Å²) < 4.78 is 22.4. The highest BCUT2D eigenvalue weighted by Gasteiger charge is 2.19. The molecule has 7 nitrogen and oxygen atoms in total. The highest BCUT2D eigenvalue weighted by molar-refractivity contribution is 6.18. The fraction of sp³-hybridized carbons (Fsp3) is 0.346. The highest BCUT2D eigenvalue weighted by atomic mass is 16.7. The number of hydrogen-bond acceptors (Lipinski definition) is 7. The second kappa shape index (κ2) is 8.83. The number of benzene rings is 3. The fourth-order valence-electron chi connectivity index (χ4n) is 4.51. The number of rotatable bonds is 8. The van der Waals surface area contributed by atoms with Crippen molar-refractivity contribution in [3.63, 3.8) is 0 Å². The van der Waals surface area contributed by atoms with Crippen LogP contribution in [0.25, 0.3) is 32.4 Å². The fourth-order valence-corrected chi connectivity index (χ4v) is 4.51. The molecule has 0 fully saturated rings. The van der Waals surface area contributed by atoms with Gasteiger partial charge in [0.1, 0.15) is 5.82 Å². The summed E-state index contributed by atoms with van der Waals surface area (Å²) in [4.78, 5) is 7.50. The minimum atomic E-state index is 0.245. The van der Waals surface area contributed by atoms with Crippen LogP contribution in [0.15, 0.2) is 36.4 Å². The molecule has 0 saturated heterocycles. The molecule has 0 bridgehead atoms. The molecule has 1 aromatic heterocycles. The van der Waals surface area contributed by atoms with Crippen LogP contribution in [0.3, 0.4) is 0 Å². The van der Waals surface area contributed by atoms with Crippen molar-refractivity contribution in [2.24, 2.45) is 0 Å². The largest absolute Gasteiger partial charge is 0.493 e. The smallest absolute Gasteiger partial charge is 0.231 e. The molecule has 0 unspecified atom stereocenters. The van der Waals surface area contributed by atoms with E-state index in [-0.39, 0.29) is 6.79 Å². The summed E-state index contributed by atoms with van der Waals surface area (Å²) in [5.41, 5.74) is 0.913. The number of ether oxygens (including phenoxy) is 4. The lowest BCUT2D eigenvalue weighted by molar-refractivity contribution is 0.174. The van der Waals surface area contributed by atoms with Crippen molar-refractivity contribution in [2.75, 3.05) is 52.5 Å². The van der Waals surface area contributed by atoms with Crippen LogP contribution >= 0.6 is 0 Å². The van der Waals surface area contributed by atoms with Crippen molar-refractivity contribution in [2.45, 2.75) is 13.8 Å². The van der Waals surface area contributed by atoms with Crippen molar-refractivity contribution < 1.29 is 18.9 Å². The summed E-state index contributed by atoms with van der Waals surface area (Å²) in [6, 6.07) is 12.3. The summed E-state index contributed by atoms with van der Waals surface area (Å²) in [6.07, 6.45) is 0. The van der Waals surface area contributed by atoms with Gasteiger partial charge < -0.3 is 29.2 Å². The van der Waals surface area contributed by atoms with Crippen LogP contribution in [0.1, 0.15) is 13.8 Å². The first-order valence-corrected chi connectivity index (χ1v) is 11.3. The van der Waals surface area contributed by atoms with Gasteiger partial charge in [-0.25, -0.2) is 4.98 Å². The van der Waals surface area contributed by atoms with Gasteiger partial charge >= 0.3 is 0 Å². The molecule has 172 valence electrons.